The van der Waals surface area contributed by atoms with Crippen LogP contribution in [0.3, 0.4) is 0 Å². The number of ether oxygens (including phenoxy) is 1. The summed E-state index contributed by atoms with van der Waals surface area (Å²) in [6.45, 7) is 3.47. The molecule has 22 heavy (non-hydrogen) atoms. The second kappa shape index (κ2) is 7.33. The molecule has 0 amide bonds. The van der Waals surface area contributed by atoms with E-state index in [1.807, 2.05) is 12.1 Å². The molecule has 2 rings (SSSR count). The van der Waals surface area contributed by atoms with Crippen LogP contribution in [0.2, 0.25) is 5.02 Å². The van der Waals surface area contributed by atoms with Crippen LogP contribution in [0.5, 0.6) is 0 Å². The van der Waals surface area contributed by atoms with Crippen LogP contribution in [0.15, 0.2) is 23.3 Å². The molecule has 2 aromatic rings. The summed E-state index contributed by atoms with van der Waals surface area (Å²) >= 11 is 7.31. The fourth-order valence-electron chi connectivity index (χ4n) is 1.65. The van der Waals surface area contributed by atoms with E-state index in [1.165, 1.54) is 11.3 Å². The third-order valence-electron chi connectivity index (χ3n) is 2.61. The Morgan fingerprint density at radius 2 is 2.23 bits per heavy atom. The summed E-state index contributed by atoms with van der Waals surface area (Å²) in [6.07, 6.45) is -0.0947. The molecule has 0 fully saturated rings. The van der Waals surface area contributed by atoms with E-state index in [0.29, 0.717) is 15.9 Å². The Morgan fingerprint density at radius 1 is 1.45 bits per heavy atom. The van der Waals surface area contributed by atoms with Crippen LogP contribution in [0.25, 0.3) is 10.2 Å². The standard InChI is InChI=1S/C14H14ClN3O3S/c1-3-21-13(20)11(19)6-8(2)17-18-14-16-10-5-4-9(15)7-12(10)22-14/h4-5,7H,3,6H2,1-2H3,(H,16,18)/b17-8+. The Morgan fingerprint density at radius 3 is 2.95 bits per heavy atom. The number of nitrogens with zero attached hydrogens (tertiary/aromatic N) is 2. The molecular formula is C14H14ClN3O3S. The van der Waals surface area contributed by atoms with Gasteiger partial charge in [0, 0.05) is 10.7 Å². The monoisotopic (exact) mass is 339 g/mol. The largest absolute Gasteiger partial charge is 0.460 e. The molecule has 0 bridgehead atoms. The Kier molecular flexibility index (Phi) is 5.46. The highest BCUT2D eigenvalue weighted by atomic mass is 35.5. The number of carbonyl (C=O) groups is 2. The van der Waals surface area contributed by atoms with Crippen molar-refractivity contribution in [1.29, 1.82) is 0 Å². The van der Waals surface area contributed by atoms with Gasteiger partial charge in [0.25, 0.3) is 0 Å². The summed E-state index contributed by atoms with van der Waals surface area (Å²) in [7, 11) is 0. The van der Waals surface area contributed by atoms with Crippen molar-refractivity contribution >= 4 is 55.8 Å². The van der Waals surface area contributed by atoms with E-state index in [-0.39, 0.29) is 13.0 Å². The van der Waals surface area contributed by atoms with Crippen molar-refractivity contribution in [3.05, 3.63) is 23.2 Å². The first-order chi connectivity index (χ1) is 10.5. The van der Waals surface area contributed by atoms with E-state index >= 15 is 0 Å². The van der Waals surface area contributed by atoms with Gasteiger partial charge in [0.05, 0.1) is 23.2 Å². The number of carbonyl (C=O) groups excluding carboxylic acids is 2. The summed E-state index contributed by atoms with van der Waals surface area (Å²) in [5, 5.41) is 5.27. The zero-order valence-corrected chi connectivity index (χ0v) is 13.6. The van der Waals surface area contributed by atoms with Crippen molar-refractivity contribution in [3.8, 4) is 0 Å². The highest BCUT2D eigenvalue weighted by Crippen LogP contribution is 2.28. The normalized spacial score (nSPS) is 11.5. The van der Waals surface area contributed by atoms with Crippen LogP contribution in [0.4, 0.5) is 5.13 Å². The number of anilines is 1. The van der Waals surface area contributed by atoms with Gasteiger partial charge in [-0.15, -0.1) is 0 Å². The number of halogens is 1. The highest BCUT2D eigenvalue weighted by molar-refractivity contribution is 7.22. The summed E-state index contributed by atoms with van der Waals surface area (Å²) in [6, 6.07) is 5.40. The molecule has 0 atom stereocenters. The number of hydrogen-bond donors (Lipinski definition) is 1. The predicted molar refractivity (Wildman–Crippen MR) is 87.6 cm³/mol. The Hall–Kier alpha value is -1.99. The number of hydrogen-bond acceptors (Lipinski definition) is 7. The van der Waals surface area contributed by atoms with Gasteiger partial charge in [0.2, 0.25) is 10.9 Å². The molecule has 0 aliphatic carbocycles. The van der Waals surface area contributed by atoms with Crippen LogP contribution >= 0.6 is 22.9 Å². The fourth-order valence-corrected chi connectivity index (χ4v) is 2.73. The predicted octanol–water partition coefficient (Wildman–Crippen LogP) is 3.26. The number of esters is 1. The second-order valence-corrected chi connectivity index (χ2v) is 5.88. The lowest BCUT2D eigenvalue weighted by Gasteiger charge is -2.01. The van der Waals surface area contributed by atoms with Crippen molar-refractivity contribution in [2.24, 2.45) is 5.10 Å². The van der Waals surface area contributed by atoms with Gasteiger partial charge in [-0.25, -0.2) is 9.78 Å². The quantitative estimate of drug-likeness (QED) is 0.378. The molecular weight excluding hydrogens is 326 g/mol. The number of ketones is 1. The average Bonchev–Trinajstić information content (AvgIpc) is 2.87. The molecule has 8 heteroatoms. The highest BCUT2D eigenvalue weighted by Gasteiger charge is 2.15. The van der Waals surface area contributed by atoms with Gasteiger partial charge < -0.3 is 4.74 Å². The molecule has 6 nitrogen and oxygen atoms in total. The average molecular weight is 340 g/mol. The van der Waals surface area contributed by atoms with Crippen molar-refractivity contribution in [2.45, 2.75) is 20.3 Å². The minimum Gasteiger partial charge on any atom is -0.460 e. The van der Waals surface area contributed by atoms with E-state index in [0.717, 1.165) is 10.2 Å². The number of rotatable bonds is 6. The maximum absolute atomic E-state index is 11.5. The van der Waals surface area contributed by atoms with Crippen LogP contribution in [0.1, 0.15) is 20.3 Å². The SMILES string of the molecule is CCOC(=O)C(=O)C/C(C)=N/Nc1nc2ccc(Cl)cc2s1. The van der Waals surface area contributed by atoms with Gasteiger partial charge in [0.1, 0.15) is 0 Å². The second-order valence-electron chi connectivity index (χ2n) is 4.41. The lowest BCUT2D eigenvalue weighted by Crippen LogP contribution is -2.20. The zero-order chi connectivity index (χ0) is 16.1. The number of aromatic nitrogens is 1. The molecule has 1 heterocycles. The Labute approximate surface area is 136 Å². The molecule has 0 unspecified atom stereocenters. The third kappa shape index (κ3) is 4.25. The van der Waals surface area contributed by atoms with E-state index in [9.17, 15) is 9.59 Å². The Bertz CT molecular complexity index is 742. The van der Waals surface area contributed by atoms with E-state index in [4.69, 9.17) is 11.6 Å². The fraction of sp³-hybridized carbons (Fsp3) is 0.286. The van der Waals surface area contributed by atoms with Crippen LogP contribution < -0.4 is 5.43 Å². The van der Waals surface area contributed by atoms with Gasteiger partial charge in [-0.3, -0.25) is 10.2 Å². The van der Waals surface area contributed by atoms with Gasteiger partial charge in [-0.2, -0.15) is 5.10 Å². The summed E-state index contributed by atoms with van der Waals surface area (Å²) in [5.41, 5.74) is 4.06. The molecule has 0 saturated carbocycles. The molecule has 0 radical (unpaired) electrons. The van der Waals surface area contributed by atoms with Crippen LogP contribution in [-0.4, -0.2) is 29.1 Å². The maximum Gasteiger partial charge on any atom is 0.374 e. The zero-order valence-electron chi connectivity index (χ0n) is 12.1. The molecule has 1 aromatic heterocycles. The number of fused-ring (bicyclic) bond motifs is 1. The third-order valence-corrected chi connectivity index (χ3v) is 3.77. The summed E-state index contributed by atoms with van der Waals surface area (Å²) < 4.78 is 5.57. The lowest BCUT2D eigenvalue weighted by molar-refractivity contribution is -0.152. The summed E-state index contributed by atoms with van der Waals surface area (Å²) in [5.74, 6) is -1.47. The molecule has 1 aromatic carbocycles. The molecule has 1 N–H and O–H groups in total. The molecule has 0 aliphatic heterocycles. The maximum atomic E-state index is 11.5. The minimum atomic E-state index is -0.841. The minimum absolute atomic E-state index is 0.0947. The molecule has 0 saturated heterocycles. The van der Waals surface area contributed by atoms with Gasteiger partial charge in [-0.05, 0) is 32.0 Å². The number of thiazole rings is 1. The lowest BCUT2D eigenvalue weighted by atomic mass is 10.2. The van der Waals surface area contributed by atoms with Crippen molar-refractivity contribution in [1.82, 2.24) is 4.98 Å². The van der Waals surface area contributed by atoms with Gasteiger partial charge >= 0.3 is 5.97 Å². The smallest absolute Gasteiger partial charge is 0.374 e. The van der Waals surface area contributed by atoms with Gasteiger partial charge in [0.15, 0.2) is 0 Å². The molecule has 0 spiro atoms. The number of hydrazone groups is 1. The van der Waals surface area contributed by atoms with Gasteiger partial charge in [-0.1, -0.05) is 22.9 Å². The van der Waals surface area contributed by atoms with Crippen LogP contribution in [0, 0.1) is 0 Å². The summed E-state index contributed by atoms with van der Waals surface area (Å²) in [4.78, 5) is 27.1. The number of benzene rings is 1. The number of Topliss-reactive ketones (excluding diaryl/α,β-unsaturated/α-hetero) is 1. The van der Waals surface area contributed by atoms with Crippen molar-refractivity contribution in [3.63, 3.8) is 0 Å². The topological polar surface area (TPSA) is 80.7 Å². The Balaban J connectivity index is 2.00. The number of nitrogens with one attached hydrogen (secondary N) is 1. The van der Waals surface area contributed by atoms with Crippen molar-refractivity contribution in [2.75, 3.05) is 12.0 Å². The first kappa shape index (κ1) is 16.4. The first-order valence-corrected chi connectivity index (χ1v) is 7.74. The van der Waals surface area contributed by atoms with Crippen LogP contribution in [-0.2, 0) is 14.3 Å². The molecule has 0 aliphatic rings. The van der Waals surface area contributed by atoms with E-state index in [1.54, 1.807) is 19.9 Å². The first-order valence-electron chi connectivity index (χ1n) is 6.54. The molecule has 116 valence electrons. The van der Waals surface area contributed by atoms with Crippen molar-refractivity contribution < 1.29 is 14.3 Å². The van der Waals surface area contributed by atoms with E-state index < -0.39 is 11.8 Å². The van der Waals surface area contributed by atoms with E-state index in [2.05, 4.69) is 20.2 Å².